The average molecular weight is 315 g/mol. The van der Waals surface area contributed by atoms with Crippen molar-refractivity contribution in [3.05, 3.63) is 0 Å². The number of carbonyl (C=O) groups excluding carboxylic acids is 1. The molecule has 120 valence electrons. The van der Waals surface area contributed by atoms with Gasteiger partial charge in [-0.1, -0.05) is 0 Å². The molecule has 1 saturated carbocycles. The van der Waals surface area contributed by atoms with Crippen LogP contribution in [0.1, 0.15) is 44.9 Å². The van der Waals surface area contributed by atoms with Crippen molar-refractivity contribution >= 4 is 23.6 Å². The number of carbonyl (C=O) groups is 2. The van der Waals surface area contributed by atoms with Crippen LogP contribution >= 0.6 is 11.8 Å². The van der Waals surface area contributed by atoms with Gasteiger partial charge in [-0.15, -0.1) is 11.8 Å². The second kappa shape index (κ2) is 8.63. The van der Waals surface area contributed by atoms with Gasteiger partial charge in [0.15, 0.2) is 0 Å². The van der Waals surface area contributed by atoms with Gasteiger partial charge in [-0.2, -0.15) is 0 Å². The number of amides is 1. The van der Waals surface area contributed by atoms with E-state index in [1.54, 1.807) is 11.8 Å². The molecule has 0 aromatic rings. The highest BCUT2D eigenvalue weighted by Gasteiger charge is 2.26. The number of aliphatic carboxylic acids is 1. The summed E-state index contributed by atoms with van der Waals surface area (Å²) in [7, 11) is 0. The molecule has 2 rings (SSSR count). The fourth-order valence-corrected chi connectivity index (χ4v) is 3.89. The molecular formula is C15H25NO4S. The minimum Gasteiger partial charge on any atom is -0.481 e. The number of ether oxygens (including phenoxy) is 1. The molecule has 5 nitrogen and oxygen atoms in total. The van der Waals surface area contributed by atoms with Crippen LogP contribution in [0.5, 0.6) is 0 Å². The van der Waals surface area contributed by atoms with Gasteiger partial charge in [-0.3, -0.25) is 9.59 Å². The lowest BCUT2D eigenvalue weighted by Crippen LogP contribution is -2.39. The molecule has 1 saturated heterocycles. The van der Waals surface area contributed by atoms with E-state index in [0.717, 1.165) is 38.0 Å². The molecule has 1 amide bonds. The highest BCUT2D eigenvalue weighted by molar-refractivity contribution is 7.99. The number of hydrogen-bond donors (Lipinski definition) is 2. The summed E-state index contributed by atoms with van der Waals surface area (Å²) in [5.74, 6) is 0.492. The fourth-order valence-electron chi connectivity index (χ4n) is 2.98. The van der Waals surface area contributed by atoms with Gasteiger partial charge in [0.25, 0.3) is 0 Å². The smallest absolute Gasteiger partial charge is 0.306 e. The summed E-state index contributed by atoms with van der Waals surface area (Å²) in [4.78, 5) is 22.8. The van der Waals surface area contributed by atoms with Crippen molar-refractivity contribution in [2.45, 2.75) is 57.1 Å². The summed E-state index contributed by atoms with van der Waals surface area (Å²) in [5.41, 5.74) is 0. The average Bonchev–Trinajstić information content (AvgIpc) is 2.49. The highest BCUT2D eigenvalue weighted by atomic mass is 32.2. The van der Waals surface area contributed by atoms with Gasteiger partial charge in [0.1, 0.15) is 0 Å². The Morgan fingerprint density at radius 3 is 2.52 bits per heavy atom. The van der Waals surface area contributed by atoms with Crippen LogP contribution in [-0.2, 0) is 14.3 Å². The molecule has 6 heteroatoms. The summed E-state index contributed by atoms with van der Waals surface area (Å²) in [6.07, 6.45) is 6.69. The number of nitrogens with one attached hydrogen (secondary N) is 1. The van der Waals surface area contributed by atoms with Crippen molar-refractivity contribution in [1.82, 2.24) is 5.32 Å². The third-order valence-corrected chi connectivity index (χ3v) is 5.33. The van der Waals surface area contributed by atoms with E-state index in [4.69, 9.17) is 9.84 Å². The Morgan fingerprint density at radius 1 is 1.14 bits per heavy atom. The van der Waals surface area contributed by atoms with E-state index in [1.165, 1.54) is 6.42 Å². The molecular weight excluding hydrogens is 290 g/mol. The maximum Gasteiger partial charge on any atom is 0.306 e. The number of carboxylic acids is 1. The van der Waals surface area contributed by atoms with E-state index in [9.17, 15) is 9.59 Å². The normalized spacial score (nSPS) is 29.8. The maximum atomic E-state index is 11.9. The molecule has 21 heavy (non-hydrogen) atoms. The number of rotatable bonds is 6. The Hall–Kier alpha value is -0.750. The summed E-state index contributed by atoms with van der Waals surface area (Å²) in [5, 5.41) is 12.0. The molecule has 1 aliphatic carbocycles. The van der Waals surface area contributed by atoms with E-state index < -0.39 is 5.97 Å². The van der Waals surface area contributed by atoms with Crippen LogP contribution in [0.4, 0.5) is 0 Å². The summed E-state index contributed by atoms with van der Waals surface area (Å²) >= 11 is 1.63. The van der Waals surface area contributed by atoms with Crippen LogP contribution in [0.15, 0.2) is 0 Å². The molecule has 0 bridgehead atoms. The molecule has 0 aromatic heterocycles. The molecule has 1 atom stereocenters. The largest absolute Gasteiger partial charge is 0.481 e. The maximum absolute atomic E-state index is 11.9. The molecule has 0 spiro atoms. The van der Waals surface area contributed by atoms with Crippen molar-refractivity contribution < 1.29 is 19.4 Å². The summed E-state index contributed by atoms with van der Waals surface area (Å²) in [6, 6.07) is 0.152. The van der Waals surface area contributed by atoms with Gasteiger partial charge in [0.05, 0.1) is 17.8 Å². The SMILES string of the molecule is O=C(CSCC1CCCCO1)NC1CCC(C(=O)O)CC1. The van der Waals surface area contributed by atoms with E-state index in [2.05, 4.69) is 5.32 Å². The first-order valence-corrected chi connectivity index (χ1v) is 9.02. The zero-order chi connectivity index (χ0) is 15.1. The molecule has 0 aromatic carbocycles. The highest BCUT2D eigenvalue weighted by Crippen LogP contribution is 2.24. The lowest BCUT2D eigenvalue weighted by atomic mass is 9.86. The molecule has 2 aliphatic rings. The first kappa shape index (κ1) is 16.6. The zero-order valence-corrected chi connectivity index (χ0v) is 13.2. The lowest BCUT2D eigenvalue weighted by molar-refractivity contribution is -0.142. The summed E-state index contributed by atoms with van der Waals surface area (Å²) in [6.45, 7) is 0.851. The second-order valence-corrected chi connectivity index (χ2v) is 6.99. The number of thioether (sulfide) groups is 1. The van der Waals surface area contributed by atoms with E-state index >= 15 is 0 Å². The van der Waals surface area contributed by atoms with Gasteiger partial charge in [0.2, 0.25) is 5.91 Å². The van der Waals surface area contributed by atoms with Crippen LogP contribution in [0.25, 0.3) is 0 Å². The van der Waals surface area contributed by atoms with E-state index in [1.807, 2.05) is 0 Å². The van der Waals surface area contributed by atoms with E-state index in [-0.39, 0.29) is 17.9 Å². The standard InChI is InChI=1S/C15H25NO4S/c17-14(10-21-9-13-3-1-2-8-20-13)16-12-6-4-11(5-7-12)15(18)19/h11-13H,1-10H2,(H,16,17)(H,18,19). The second-order valence-electron chi connectivity index (χ2n) is 5.96. The van der Waals surface area contributed by atoms with Crippen molar-refractivity contribution in [2.24, 2.45) is 5.92 Å². The molecule has 1 unspecified atom stereocenters. The first-order chi connectivity index (χ1) is 10.1. The van der Waals surface area contributed by atoms with Gasteiger partial charge < -0.3 is 15.2 Å². The third kappa shape index (κ3) is 5.87. The Labute approximate surface area is 130 Å². The van der Waals surface area contributed by atoms with Crippen LogP contribution in [-0.4, -0.2) is 47.2 Å². The van der Waals surface area contributed by atoms with Gasteiger partial charge >= 0.3 is 5.97 Å². The van der Waals surface area contributed by atoms with Crippen molar-refractivity contribution in [2.75, 3.05) is 18.1 Å². The molecule has 2 fully saturated rings. The quantitative estimate of drug-likeness (QED) is 0.784. The van der Waals surface area contributed by atoms with Crippen molar-refractivity contribution in [3.63, 3.8) is 0 Å². The van der Waals surface area contributed by atoms with Crippen LogP contribution < -0.4 is 5.32 Å². The minimum absolute atomic E-state index is 0.0644. The Morgan fingerprint density at radius 2 is 1.90 bits per heavy atom. The lowest BCUT2D eigenvalue weighted by Gasteiger charge is -2.27. The Bertz CT molecular complexity index is 350. The number of hydrogen-bond acceptors (Lipinski definition) is 4. The van der Waals surface area contributed by atoms with Gasteiger partial charge in [0, 0.05) is 18.4 Å². The van der Waals surface area contributed by atoms with Gasteiger partial charge in [-0.25, -0.2) is 0 Å². The Balaban J connectivity index is 1.56. The van der Waals surface area contributed by atoms with Crippen LogP contribution in [0, 0.1) is 5.92 Å². The summed E-state index contributed by atoms with van der Waals surface area (Å²) < 4.78 is 5.64. The third-order valence-electron chi connectivity index (χ3n) is 4.25. The predicted octanol–water partition coefficient (Wildman–Crippen LogP) is 2.05. The first-order valence-electron chi connectivity index (χ1n) is 7.86. The molecule has 0 radical (unpaired) electrons. The number of carboxylic acid groups (broad SMARTS) is 1. The van der Waals surface area contributed by atoms with Crippen molar-refractivity contribution in [1.29, 1.82) is 0 Å². The fraction of sp³-hybridized carbons (Fsp3) is 0.867. The topological polar surface area (TPSA) is 75.6 Å². The van der Waals surface area contributed by atoms with Gasteiger partial charge in [-0.05, 0) is 44.9 Å². The van der Waals surface area contributed by atoms with Crippen molar-refractivity contribution in [3.8, 4) is 0 Å². The molecule has 2 N–H and O–H groups in total. The minimum atomic E-state index is -0.706. The monoisotopic (exact) mass is 315 g/mol. The molecule has 1 heterocycles. The van der Waals surface area contributed by atoms with Crippen LogP contribution in [0.2, 0.25) is 0 Å². The van der Waals surface area contributed by atoms with E-state index in [0.29, 0.717) is 24.7 Å². The van der Waals surface area contributed by atoms with Crippen LogP contribution in [0.3, 0.4) is 0 Å². The predicted molar refractivity (Wildman–Crippen MR) is 82.4 cm³/mol. The molecule has 1 aliphatic heterocycles. The Kier molecular flexibility index (Phi) is 6.83. The zero-order valence-electron chi connectivity index (χ0n) is 12.4.